The van der Waals surface area contributed by atoms with Gasteiger partial charge in [0.05, 0.1) is 12.8 Å². The van der Waals surface area contributed by atoms with Gasteiger partial charge < -0.3 is 14.9 Å². The predicted octanol–water partition coefficient (Wildman–Crippen LogP) is 1.94. The smallest absolute Gasteiger partial charge is 0.376 e. The Kier molecular flexibility index (Phi) is 2.07. The molecule has 0 aliphatic carbocycles. The van der Waals surface area contributed by atoms with E-state index in [0.717, 1.165) is 0 Å². The number of hydrogen-bond acceptors (Lipinski definition) is 4. The van der Waals surface area contributed by atoms with Crippen LogP contribution in [0.25, 0.3) is 11.0 Å². The number of methoxy groups -OCH3 is 1. The van der Waals surface area contributed by atoms with Gasteiger partial charge >= 0.3 is 5.97 Å². The largest absolute Gasteiger partial charge is 0.463 e. The van der Waals surface area contributed by atoms with Gasteiger partial charge in [0.1, 0.15) is 11.4 Å². The zero-order chi connectivity index (χ0) is 11.0. The molecule has 0 radical (unpaired) electrons. The number of carbonyl (C=O) groups excluding carboxylic acids is 1. The minimum absolute atomic E-state index is 0.0938. The highest BCUT2D eigenvalue weighted by atomic mass is 19.1. The molecule has 0 aliphatic heterocycles. The Morgan fingerprint density at radius 1 is 1.53 bits per heavy atom. The molecule has 0 saturated heterocycles. The number of benzene rings is 1. The molecule has 5 heteroatoms. The van der Waals surface area contributed by atoms with Gasteiger partial charge in [-0.05, 0) is 18.2 Å². The molecule has 2 rings (SSSR count). The fraction of sp³-hybridized carbons (Fsp3) is 0.100. The van der Waals surface area contributed by atoms with Crippen LogP contribution in [0.3, 0.4) is 0 Å². The summed E-state index contributed by atoms with van der Waals surface area (Å²) in [5.41, 5.74) is 6.07. The summed E-state index contributed by atoms with van der Waals surface area (Å²) in [6.45, 7) is 0. The summed E-state index contributed by atoms with van der Waals surface area (Å²) in [5.74, 6) is -1.21. The molecule has 0 saturated carbocycles. The van der Waals surface area contributed by atoms with Gasteiger partial charge in [0, 0.05) is 5.39 Å². The van der Waals surface area contributed by atoms with Crippen LogP contribution in [0.1, 0.15) is 10.6 Å². The van der Waals surface area contributed by atoms with Crippen molar-refractivity contribution in [2.45, 2.75) is 0 Å². The fourth-order valence-corrected chi connectivity index (χ4v) is 1.33. The lowest BCUT2D eigenvalue weighted by atomic mass is 10.2. The highest BCUT2D eigenvalue weighted by Crippen LogP contribution is 2.29. The number of esters is 1. The molecule has 0 amide bonds. The lowest BCUT2D eigenvalue weighted by Crippen LogP contribution is -2.02. The van der Waals surface area contributed by atoms with Crippen molar-refractivity contribution >= 4 is 22.6 Å². The van der Waals surface area contributed by atoms with Crippen molar-refractivity contribution in [3.05, 3.63) is 29.8 Å². The number of rotatable bonds is 1. The van der Waals surface area contributed by atoms with Gasteiger partial charge in [0.2, 0.25) is 5.76 Å². The van der Waals surface area contributed by atoms with E-state index in [2.05, 4.69) is 4.74 Å². The molecule has 0 spiro atoms. The van der Waals surface area contributed by atoms with E-state index in [9.17, 15) is 9.18 Å². The van der Waals surface area contributed by atoms with Crippen molar-refractivity contribution in [1.82, 2.24) is 0 Å². The lowest BCUT2D eigenvalue weighted by molar-refractivity contribution is 0.0569. The van der Waals surface area contributed by atoms with Crippen LogP contribution in [0.5, 0.6) is 0 Å². The van der Waals surface area contributed by atoms with Crippen LogP contribution in [-0.4, -0.2) is 13.1 Å². The molecule has 1 aromatic heterocycles. The number of nitrogens with two attached hydrogens (primary N) is 1. The summed E-state index contributed by atoms with van der Waals surface area (Å²) in [7, 11) is 1.22. The number of anilines is 1. The van der Waals surface area contributed by atoms with Crippen molar-refractivity contribution in [2.24, 2.45) is 0 Å². The summed E-state index contributed by atoms with van der Waals surface area (Å²) >= 11 is 0. The number of hydrogen-bond donors (Lipinski definition) is 1. The van der Waals surface area contributed by atoms with Crippen LogP contribution in [0, 0.1) is 5.82 Å². The van der Waals surface area contributed by atoms with Crippen molar-refractivity contribution < 1.29 is 18.3 Å². The van der Waals surface area contributed by atoms with Crippen molar-refractivity contribution in [1.29, 1.82) is 0 Å². The molecule has 4 nitrogen and oxygen atoms in total. The maximum absolute atomic E-state index is 12.9. The minimum Gasteiger partial charge on any atom is -0.463 e. The second-order valence-electron chi connectivity index (χ2n) is 2.98. The maximum atomic E-state index is 12.9. The summed E-state index contributed by atoms with van der Waals surface area (Å²) in [4.78, 5) is 11.2. The van der Waals surface area contributed by atoms with Gasteiger partial charge in [0.15, 0.2) is 0 Å². The average Bonchev–Trinajstić information content (AvgIpc) is 2.55. The zero-order valence-corrected chi connectivity index (χ0v) is 7.91. The molecule has 0 fully saturated rings. The number of furan rings is 1. The first-order chi connectivity index (χ1) is 7.13. The summed E-state index contributed by atoms with van der Waals surface area (Å²) < 4.78 is 22.5. The SMILES string of the molecule is COC(=O)c1oc2ccc(F)cc2c1N. The molecule has 2 aromatic rings. The molecule has 1 aromatic carbocycles. The molecule has 15 heavy (non-hydrogen) atoms. The van der Waals surface area contributed by atoms with E-state index in [-0.39, 0.29) is 11.4 Å². The zero-order valence-electron chi connectivity index (χ0n) is 7.91. The summed E-state index contributed by atoms with van der Waals surface area (Å²) in [6, 6.07) is 3.85. The highest BCUT2D eigenvalue weighted by Gasteiger charge is 2.19. The third-order valence-corrected chi connectivity index (χ3v) is 2.06. The van der Waals surface area contributed by atoms with Gasteiger partial charge in [-0.3, -0.25) is 0 Å². The molecule has 78 valence electrons. The van der Waals surface area contributed by atoms with Gasteiger partial charge in [0.25, 0.3) is 0 Å². The lowest BCUT2D eigenvalue weighted by Gasteiger charge is -1.94. The summed E-state index contributed by atoms with van der Waals surface area (Å²) in [6.07, 6.45) is 0. The normalized spacial score (nSPS) is 10.5. The Morgan fingerprint density at radius 3 is 2.93 bits per heavy atom. The first kappa shape index (κ1) is 9.51. The van der Waals surface area contributed by atoms with E-state index in [1.54, 1.807) is 0 Å². The number of nitrogen functional groups attached to an aromatic ring is 1. The topological polar surface area (TPSA) is 65.5 Å². The Hall–Kier alpha value is -2.04. The Balaban J connectivity index is 2.69. The minimum atomic E-state index is -0.677. The van der Waals surface area contributed by atoms with Crippen LogP contribution < -0.4 is 5.73 Å². The number of halogens is 1. The molecule has 0 aliphatic rings. The van der Waals surface area contributed by atoms with Crippen LogP contribution in [-0.2, 0) is 4.74 Å². The van der Waals surface area contributed by atoms with Gasteiger partial charge in [-0.25, -0.2) is 9.18 Å². The van der Waals surface area contributed by atoms with Crippen molar-refractivity contribution in [2.75, 3.05) is 12.8 Å². The second-order valence-corrected chi connectivity index (χ2v) is 2.98. The Bertz CT molecular complexity index is 533. The van der Waals surface area contributed by atoms with E-state index in [0.29, 0.717) is 11.0 Å². The van der Waals surface area contributed by atoms with Crippen molar-refractivity contribution in [3.63, 3.8) is 0 Å². The molecule has 0 atom stereocenters. The predicted molar refractivity (Wildman–Crippen MR) is 51.9 cm³/mol. The molecular formula is C10H8FNO3. The van der Waals surface area contributed by atoms with Crippen LogP contribution in [0.4, 0.5) is 10.1 Å². The Morgan fingerprint density at radius 2 is 2.27 bits per heavy atom. The quantitative estimate of drug-likeness (QED) is 0.729. The molecular weight excluding hydrogens is 201 g/mol. The number of carbonyl (C=O) groups is 1. The van der Waals surface area contributed by atoms with Gasteiger partial charge in [-0.2, -0.15) is 0 Å². The van der Waals surface area contributed by atoms with E-state index in [1.165, 1.54) is 25.3 Å². The van der Waals surface area contributed by atoms with E-state index in [4.69, 9.17) is 10.2 Å². The average molecular weight is 209 g/mol. The molecule has 0 unspecified atom stereocenters. The Labute approximate surface area is 84.4 Å². The fourth-order valence-electron chi connectivity index (χ4n) is 1.33. The van der Waals surface area contributed by atoms with Gasteiger partial charge in [-0.15, -0.1) is 0 Å². The summed E-state index contributed by atoms with van der Waals surface area (Å²) in [5, 5.41) is 0.371. The van der Waals surface area contributed by atoms with E-state index in [1.807, 2.05) is 0 Å². The van der Waals surface area contributed by atoms with Crippen LogP contribution in [0.2, 0.25) is 0 Å². The molecule has 0 bridgehead atoms. The first-order valence-electron chi connectivity index (χ1n) is 4.19. The van der Waals surface area contributed by atoms with Crippen LogP contribution in [0.15, 0.2) is 22.6 Å². The molecule has 1 heterocycles. The highest BCUT2D eigenvalue weighted by molar-refractivity contribution is 6.03. The first-order valence-corrected chi connectivity index (χ1v) is 4.19. The van der Waals surface area contributed by atoms with Crippen molar-refractivity contribution in [3.8, 4) is 0 Å². The third kappa shape index (κ3) is 1.41. The maximum Gasteiger partial charge on any atom is 0.376 e. The van der Waals surface area contributed by atoms with E-state index >= 15 is 0 Å². The monoisotopic (exact) mass is 209 g/mol. The standard InChI is InChI=1S/C10H8FNO3/c1-14-10(13)9-8(12)6-4-5(11)2-3-7(6)15-9/h2-4H,12H2,1H3. The van der Waals surface area contributed by atoms with Gasteiger partial charge in [-0.1, -0.05) is 0 Å². The third-order valence-electron chi connectivity index (χ3n) is 2.06. The second kappa shape index (κ2) is 3.27. The van der Waals surface area contributed by atoms with E-state index < -0.39 is 11.8 Å². The van der Waals surface area contributed by atoms with Crippen LogP contribution >= 0.6 is 0 Å². The number of fused-ring (bicyclic) bond motifs is 1. The number of ether oxygens (including phenoxy) is 1. The molecule has 2 N–H and O–H groups in total.